The van der Waals surface area contributed by atoms with Crippen LogP contribution < -0.4 is 0 Å². The summed E-state index contributed by atoms with van der Waals surface area (Å²) in [4.78, 5) is 13.6. The Morgan fingerprint density at radius 3 is 2.10 bits per heavy atom. The van der Waals surface area contributed by atoms with Crippen molar-refractivity contribution >= 4 is 5.78 Å². The summed E-state index contributed by atoms with van der Waals surface area (Å²) in [5, 5.41) is 0. The zero-order valence-electron chi connectivity index (χ0n) is 14.3. The quantitative estimate of drug-likeness (QED) is 0.847. The van der Waals surface area contributed by atoms with Gasteiger partial charge >= 0.3 is 0 Å². The van der Waals surface area contributed by atoms with E-state index in [1.54, 1.807) is 6.92 Å². The van der Waals surface area contributed by atoms with Gasteiger partial charge in [0.1, 0.15) is 5.78 Å². The summed E-state index contributed by atoms with van der Waals surface area (Å²) < 4.78 is 5.34. The largest absolute Gasteiger partial charge is 0.379 e. The van der Waals surface area contributed by atoms with Crippen LogP contribution in [0, 0.1) is 0 Å². The van der Waals surface area contributed by atoms with Gasteiger partial charge < -0.3 is 4.74 Å². The molecule has 1 aliphatic rings. The fraction of sp³-hybridized carbons (Fsp3) is 0.611. The summed E-state index contributed by atoms with van der Waals surface area (Å²) in [6.07, 6.45) is 0.542. The first-order valence-corrected chi connectivity index (χ1v) is 8.12. The van der Waals surface area contributed by atoms with Gasteiger partial charge in [0.25, 0.3) is 0 Å². The van der Waals surface area contributed by atoms with Crippen LogP contribution in [0.3, 0.4) is 0 Å². The number of ether oxygens (including phenoxy) is 1. The molecule has 1 heterocycles. The molecule has 3 heteroatoms. The predicted molar refractivity (Wildman–Crippen MR) is 89.6 cm³/mol. The molecule has 0 aromatic heterocycles. The number of nitrogens with zero attached hydrogens (tertiary/aromatic N) is 1. The minimum atomic E-state index is 0.222. The van der Waals surface area contributed by atoms with Crippen LogP contribution in [0.1, 0.15) is 45.7 Å². The van der Waals surface area contributed by atoms with E-state index in [1.165, 1.54) is 5.56 Å². The van der Waals surface area contributed by atoms with Crippen molar-refractivity contribution in [3.05, 3.63) is 35.4 Å². The molecule has 1 aromatic rings. The first kappa shape index (κ1) is 19.8. The van der Waals surface area contributed by atoms with Gasteiger partial charge in [-0.1, -0.05) is 52.0 Å². The molecule has 0 aliphatic carbocycles. The average Bonchev–Trinajstić information content (AvgIpc) is 2.54. The lowest BCUT2D eigenvalue weighted by molar-refractivity contribution is -0.116. The third-order valence-electron chi connectivity index (χ3n) is 3.06. The third-order valence-corrected chi connectivity index (χ3v) is 3.06. The van der Waals surface area contributed by atoms with Gasteiger partial charge in [0, 0.05) is 26.1 Å². The van der Waals surface area contributed by atoms with Crippen LogP contribution in [0.15, 0.2) is 24.3 Å². The second kappa shape index (κ2) is 12.5. The molecule has 3 nitrogen and oxygen atoms in total. The van der Waals surface area contributed by atoms with E-state index in [1.807, 2.05) is 39.8 Å². The Morgan fingerprint density at radius 1 is 1.05 bits per heavy atom. The highest BCUT2D eigenvalue weighted by molar-refractivity contribution is 5.78. The summed E-state index contributed by atoms with van der Waals surface area (Å²) in [6, 6.07) is 8.21. The van der Waals surface area contributed by atoms with Gasteiger partial charge in [-0.3, -0.25) is 9.69 Å². The molecular formula is C18H31NO2. The highest BCUT2D eigenvalue weighted by Gasteiger charge is 2.12. The zero-order chi connectivity index (χ0) is 16.1. The normalized spacial score (nSPS) is 14.3. The fourth-order valence-electron chi connectivity index (χ4n) is 2.15. The summed E-state index contributed by atoms with van der Waals surface area (Å²) in [6.45, 7) is 14.2. The van der Waals surface area contributed by atoms with Gasteiger partial charge in [-0.25, -0.2) is 0 Å². The molecule has 0 bridgehead atoms. The number of carbonyl (C=O) groups excluding carboxylic acids is 1. The van der Waals surface area contributed by atoms with Crippen molar-refractivity contribution in [1.82, 2.24) is 4.90 Å². The Kier molecular flexibility index (Phi) is 11.8. The van der Waals surface area contributed by atoms with E-state index in [0.717, 1.165) is 38.4 Å². The number of rotatable bonds is 4. The van der Waals surface area contributed by atoms with Crippen LogP contribution in [0.5, 0.6) is 0 Å². The van der Waals surface area contributed by atoms with Gasteiger partial charge in [-0.2, -0.15) is 0 Å². The third kappa shape index (κ3) is 7.98. The highest BCUT2D eigenvalue weighted by atomic mass is 16.5. The lowest BCUT2D eigenvalue weighted by atomic mass is 10.0. The van der Waals surface area contributed by atoms with Crippen molar-refractivity contribution in [2.75, 3.05) is 26.3 Å². The van der Waals surface area contributed by atoms with Crippen molar-refractivity contribution in [2.24, 2.45) is 0 Å². The van der Waals surface area contributed by atoms with Gasteiger partial charge in [0.2, 0.25) is 0 Å². The molecule has 1 fully saturated rings. The van der Waals surface area contributed by atoms with E-state index in [-0.39, 0.29) is 5.78 Å². The minimum Gasteiger partial charge on any atom is -0.379 e. The van der Waals surface area contributed by atoms with Gasteiger partial charge in [0.15, 0.2) is 0 Å². The molecule has 21 heavy (non-hydrogen) atoms. The van der Waals surface area contributed by atoms with Crippen molar-refractivity contribution in [2.45, 2.75) is 47.6 Å². The average molecular weight is 293 g/mol. The summed E-state index contributed by atoms with van der Waals surface area (Å²) in [5.41, 5.74) is 2.43. The standard InChI is InChI=1S/C14H19NO2.2C2H6/c1-12(16)10-13-4-2-3-5-14(13)11-15-6-8-17-9-7-15;2*1-2/h2-5H,6-11H2,1H3;2*1-2H3. The van der Waals surface area contributed by atoms with Crippen LogP contribution in [-0.2, 0) is 22.5 Å². The summed E-state index contributed by atoms with van der Waals surface area (Å²) in [7, 11) is 0. The lowest BCUT2D eigenvalue weighted by Crippen LogP contribution is -2.35. The highest BCUT2D eigenvalue weighted by Crippen LogP contribution is 2.13. The van der Waals surface area contributed by atoms with E-state index in [0.29, 0.717) is 6.42 Å². The molecular weight excluding hydrogens is 262 g/mol. The number of benzene rings is 1. The summed E-state index contributed by atoms with van der Waals surface area (Å²) in [5.74, 6) is 0.222. The van der Waals surface area contributed by atoms with Crippen LogP contribution in [0.4, 0.5) is 0 Å². The van der Waals surface area contributed by atoms with Crippen LogP contribution in [0.2, 0.25) is 0 Å². The van der Waals surface area contributed by atoms with E-state index in [9.17, 15) is 4.79 Å². The Morgan fingerprint density at radius 2 is 1.57 bits per heavy atom. The van der Waals surface area contributed by atoms with Crippen LogP contribution in [0.25, 0.3) is 0 Å². The van der Waals surface area contributed by atoms with Gasteiger partial charge in [0.05, 0.1) is 13.2 Å². The number of hydrogen-bond acceptors (Lipinski definition) is 3. The molecule has 0 saturated carbocycles. The maximum Gasteiger partial charge on any atom is 0.134 e. The Balaban J connectivity index is 0.000000921. The Bertz CT molecular complexity index is 385. The number of morpholine rings is 1. The predicted octanol–water partition coefficient (Wildman–Crippen LogP) is 3.70. The molecule has 120 valence electrons. The minimum absolute atomic E-state index is 0.222. The first-order chi connectivity index (χ1) is 10.3. The molecule has 0 radical (unpaired) electrons. The van der Waals surface area contributed by atoms with Crippen molar-refractivity contribution in [1.29, 1.82) is 0 Å². The number of carbonyl (C=O) groups is 1. The molecule has 0 unspecified atom stereocenters. The van der Waals surface area contributed by atoms with Crippen molar-refractivity contribution in [3.8, 4) is 0 Å². The van der Waals surface area contributed by atoms with Crippen molar-refractivity contribution < 1.29 is 9.53 Å². The smallest absolute Gasteiger partial charge is 0.134 e. The monoisotopic (exact) mass is 293 g/mol. The Labute approximate surface area is 130 Å². The topological polar surface area (TPSA) is 29.5 Å². The Hall–Kier alpha value is -1.19. The maximum atomic E-state index is 11.2. The fourth-order valence-corrected chi connectivity index (χ4v) is 2.15. The van der Waals surface area contributed by atoms with Gasteiger partial charge in [-0.15, -0.1) is 0 Å². The lowest BCUT2D eigenvalue weighted by Gasteiger charge is -2.27. The molecule has 0 spiro atoms. The van der Waals surface area contributed by atoms with E-state index in [4.69, 9.17) is 4.74 Å². The molecule has 2 rings (SSSR count). The zero-order valence-corrected chi connectivity index (χ0v) is 14.3. The molecule has 1 saturated heterocycles. The number of ketones is 1. The van der Waals surface area contributed by atoms with Crippen LogP contribution >= 0.6 is 0 Å². The molecule has 0 N–H and O–H groups in total. The first-order valence-electron chi connectivity index (χ1n) is 8.12. The maximum absolute atomic E-state index is 11.2. The molecule has 0 amide bonds. The summed E-state index contributed by atoms with van der Waals surface area (Å²) >= 11 is 0. The molecule has 1 aromatic carbocycles. The number of Topliss-reactive ketones (excluding diaryl/α,β-unsaturated/α-hetero) is 1. The molecule has 1 aliphatic heterocycles. The molecule has 0 atom stereocenters. The van der Waals surface area contributed by atoms with Crippen LogP contribution in [-0.4, -0.2) is 37.0 Å². The van der Waals surface area contributed by atoms with E-state index >= 15 is 0 Å². The SMILES string of the molecule is CC.CC.CC(=O)Cc1ccccc1CN1CCOCC1. The van der Waals surface area contributed by atoms with Crippen molar-refractivity contribution in [3.63, 3.8) is 0 Å². The second-order valence-corrected chi connectivity index (χ2v) is 4.54. The van der Waals surface area contributed by atoms with Gasteiger partial charge in [-0.05, 0) is 18.1 Å². The van der Waals surface area contributed by atoms with E-state index in [2.05, 4.69) is 17.0 Å². The van der Waals surface area contributed by atoms with E-state index < -0.39 is 0 Å². The second-order valence-electron chi connectivity index (χ2n) is 4.54. The number of hydrogen-bond donors (Lipinski definition) is 0.